The minimum Gasteiger partial charge on any atom is -0.351 e. The zero-order chi connectivity index (χ0) is 16.4. The summed E-state index contributed by atoms with van der Waals surface area (Å²) >= 11 is 1.25. The molecule has 1 aliphatic heterocycles. The largest absolute Gasteiger partial charge is 0.351 e. The molecule has 4 amide bonds. The molecule has 1 aromatic heterocycles. The Morgan fingerprint density at radius 3 is 2.59 bits per heavy atom. The second-order valence-electron chi connectivity index (χ2n) is 5.52. The Bertz CT molecular complexity index is 600. The van der Waals surface area contributed by atoms with Gasteiger partial charge in [-0.05, 0) is 17.5 Å². The van der Waals surface area contributed by atoms with E-state index in [9.17, 15) is 14.4 Å². The van der Waals surface area contributed by atoms with Gasteiger partial charge in [0.1, 0.15) is 6.04 Å². The van der Waals surface area contributed by atoms with Gasteiger partial charge in [0.15, 0.2) is 0 Å². The Labute approximate surface area is 132 Å². The van der Waals surface area contributed by atoms with Gasteiger partial charge in [-0.15, -0.1) is 5.10 Å². The summed E-state index contributed by atoms with van der Waals surface area (Å²) in [5, 5.41) is 6.81. The first-order valence-electron chi connectivity index (χ1n) is 6.95. The number of hydrogen-bond donors (Lipinski definition) is 1. The highest BCUT2D eigenvalue weighted by molar-refractivity contribution is 7.05. The lowest BCUT2D eigenvalue weighted by molar-refractivity contribution is -0.131. The molecule has 1 atom stereocenters. The maximum atomic E-state index is 12.0. The predicted molar refractivity (Wildman–Crippen MR) is 80.2 cm³/mol. The molecule has 120 valence electrons. The van der Waals surface area contributed by atoms with Crippen LogP contribution in [0.3, 0.4) is 0 Å². The van der Waals surface area contributed by atoms with Gasteiger partial charge in [-0.1, -0.05) is 18.3 Å². The molecule has 1 N–H and O–H groups in total. The Morgan fingerprint density at radius 1 is 1.36 bits per heavy atom. The maximum absolute atomic E-state index is 12.0. The fourth-order valence-electron chi connectivity index (χ4n) is 2.28. The van der Waals surface area contributed by atoms with Crippen LogP contribution in [0.25, 0.3) is 0 Å². The van der Waals surface area contributed by atoms with E-state index in [2.05, 4.69) is 14.9 Å². The van der Waals surface area contributed by atoms with Gasteiger partial charge in [0.05, 0.1) is 23.5 Å². The molecule has 1 unspecified atom stereocenters. The van der Waals surface area contributed by atoms with Crippen molar-refractivity contribution in [3.8, 4) is 0 Å². The van der Waals surface area contributed by atoms with Crippen molar-refractivity contribution in [2.75, 3.05) is 14.1 Å². The first-order chi connectivity index (χ1) is 10.3. The standard InChI is InChI=1S/C13H19N5O3S/c1-7(2)11-9(22-16-15-11)6-14-10(19)5-8-12(20)18(4)13(21)17(8)3/h7-8H,5-6H2,1-4H3,(H,14,19). The van der Waals surface area contributed by atoms with Crippen LogP contribution in [0.4, 0.5) is 4.79 Å². The number of urea groups is 1. The molecule has 0 aliphatic carbocycles. The van der Waals surface area contributed by atoms with Crippen molar-refractivity contribution < 1.29 is 14.4 Å². The minimum absolute atomic E-state index is 0.0470. The Kier molecular flexibility index (Phi) is 4.74. The lowest BCUT2D eigenvalue weighted by Gasteiger charge is -2.15. The summed E-state index contributed by atoms with van der Waals surface area (Å²) in [4.78, 5) is 38.8. The smallest absolute Gasteiger partial charge is 0.326 e. The lowest BCUT2D eigenvalue weighted by atomic mass is 10.1. The summed E-state index contributed by atoms with van der Waals surface area (Å²) in [7, 11) is 2.93. The van der Waals surface area contributed by atoms with E-state index in [1.165, 1.54) is 30.5 Å². The molecule has 0 saturated carbocycles. The lowest BCUT2D eigenvalue weighted by Crippen LogP contribution is -2.37. The number of nitrogens with zero attached hydrogens (tertiary/aromatic N) is 4. The summed E-state index contributed by atoms with van der Waals surface area (Å²) in [6, 6.07) is -1.13. The average Bonchev–Trinajstić information content (AvgIpc) is 3.01. The topological polar surface area (TPSA) is 95.5 Å². The van der Waals surface area contributed by atoms with Gasteiger partial charge in [0.2, 0.25) is 5.91 Å². The van der Waals surface area contributed by atoms with Crippen LogP contribution in [0.2, 0.25) is 0 Å². The summed E-state index contributed by atoms with van der Waals surface area (Å²) in [5.41, 5.74) is 0.870. The number of carbonyl (C=O) groups is 3. The van der Waals surface area contributed by atoms with E-state index in [0.717, 1.165) is 15.5 Å². The number of nitrogens with one attached hydrogen (secondary N) is 1. The number of imide groups is 1. The van der Waals surface area contributed by atoms with Gasteiger partial charge in [-0.3, -0.25) is 14.5 Å². The number of amides is 4. The molecule has 22 heavy (non-hydrogen) atoms. The van der Waals surface area contributed by atoms with Crippen LogP contribution >= 0.6 is 11.5 Å². The molecule has 9 heteroatoms. The highest BCUT2D eigenvalue weighted by Crippen LogP contribution is 2.20. The molecule has 0 spiro atoms. The van der Waals surface area contributed by atoms with E-state index in [1.54, 1.807) is 0 Å². The minimum atomic E-state index is -0.735. The van der Waals surface area contributed by atoms with Crippen molar-refractivity contribution in [2.45, 2.75) is 38.8 Å². The molecule has 1 aliphatic rings. The van der Waals surface area contributed by atoms with E-state index in [1.807, 2.05) is 13.8 Å². The van der Waals surface area contributed by atoms with Gasteiger partial charge in [0, 0.05) is 14.1 Å². The Hall–Kier alpha value is -2.03. The normalized spacial score (nSPS) is 18.5. The van der Waals surface area contributed by atoms with Crippen LogP contribution in [0.5, 0.6) is 0 Å². The quantitative estimate of drug-likeness (QED) is 0.798. The van der Waals surface area contributed by atoms with Crippen LogP contribution in [-0.4, -0.2) is 57.4 Å². The molecule has 0 radical (unpaired) electrons. The van der Waals surface area contributed by atoms with Crippen LogP contribution < -0.4 is 5.32 Å². The molecule has 2 heterocycles. The fourth-order valence-corrected chi connectivity index (χ4v) is 3.01. The monoisotopic (exact) mass is 325 g/mol. The summed E-state index contributed by atoms with van der Waals surface area (Å²) in [6.07, 6.45) is -0.0470. The van der Waals surface area contributed by atoms with Crippen molar-refractivity contribution in [3.05, 3.63) is 10.6 Å². The van der Waals surface area contributed by atoms with Crippen molar-refractivity contribution in [2.24, 2.45) is 0 Å². The van der Waals surface area contributed by atoms with Crippen molar-refractivity contribution in [3.63, 3.8) is 0 Å². The number of likely N-dealkylation sites (N-methyl/N-ethyl adjacent to an activating group) is 2. The van der Waals surface area contributed by atoms with Crippen molar-refractivity contribution in [1.82, 2.24) is 24.7 Å². The molecule has 2 rings (SSSR count). The maximum Gasteiger partial charge on any atom is 0.326 e. The van der Waals surface area contributed by atoms with Crippen LogP contribution in [0.15, 0.2) is 0 Å². The molecule has 1 saturated heterocycles. The number of rotatable bonds is 5. The van der Waals surface area contributed by atoms with E-state index in [0.29, 0.717) is 6.54 Å². The first kappa shape index (κ1) is 16.3. The van der Waals surface area contributed by atoms with Gasteiger partial charge < -0.3 is 10.2 Å². The molecule has 0 aromatic carbocycles. The summed E-state index contributed by atoms with van der Waals surface area (Å²) < 4.78 is 3.90. The number of carbonyl (C=O) groups excluding carboxylic acids is 3. The second kappa shape index (κ2) is 6.39. The molecule has 1 fully saturated rings. The Morgan fingerprint density at radius 2 is 2.05 bits per heavy atom. The van der Waals surface area contributed by atoms with Gasteiger partial charge in [-0.25, -0.2) is 4.79 Å². The van der Waals surface area contributed by atoms with Gasteiger partial charge in [0.25, 0.3) is 5.91 Å². The van der Waals surface area contributed by atoms with Crippen LogP contribution in [0.1, 0.15) is 36.8 Å². The number of aromatic nitrogens is 2. The van der Waals surface area contributed by atoms with Crippen LogP contribution in [0, 0.1) is 0 Å². The average molecular weight is 325 g/mol. The molecule has 0 bridgehead atoms. The highest BCUT2D eigenvalue weighted by Gasteiger charge is 2.41. The third-order valence-corrected chi connectivity index (χ3v) is 4.37. The van der Waals surface area contributed by atoms with E-state index >= 15 is 0 Å². The zero-order valence-corrected chi connectivity index (χ0v) is 13.8. The van der Waals surface area contributed by atoms with Gasteiger partial charge >= 0.3 is 6.03 Å². The first-order valence-corrected chi connectivity index (χ1v) is 7.72. The third kappa shape index (κ3) is 3.08. The summed E-state index contributed by atoms with van der Waals surface area (Å²) in [6.45, 7) is 4.35. The van der Waals surface area contributed by atoms with E-state index in [-0.39, 0.29) is 24.2 Å². The molecular formula is C13H19N5O3S. The second-order valence-corrected chi connectivity index (χ2v) is 6.36. The third-order valence-electron chi connectivity index (χ3n) is 3.63. The van der Waals surface area contributed by atoms with E-state index in [4.69, 9.17) is 0 Å². The number of hydrogen-bond acceptors (Lipinski definition) is 6. The van der Waals surface area contributed by atoms with E-state index < -0.39 is 12.1 Å². The van der Waals surface area contributed by atoms with Crippen molar-refractivity contribution in [1.29, 1.82) is 0 Å². The summed E-state index contributed by atoms with van der Waals surface area (Å²) in [5.74, 6) is -0.402. The highest BCUT2D eigenvalue weighted by atomic mass is 32.1. The molecule has 8 nitrogen and oxygen atoms in total. The predicted octanol–water partition coefficient (Wildman–Crippen LogP) is 0.560. The van der Waals surface area contributed by atoms with Crippen LogP contribution in [-0.2, 0) is 16.1 Å². The fraction of sp³-hybridized carbons (Fsp3) is 0.615. The Balaban J connectivity index is 1.92. The SMILES string of the molecule is CC(C)c1nnsc1CNC(=O)CC1C(=O)N(C)C(=O)N1C. The van der Waals surface area contributed by atoms with Gasteiger partial charge in [-0.2, -0.15) is 0 Å². The molecule has 1 aromatic rings. The zero-order valence-electron chi connectivity index (χ0n) is 13.0. The van der Waals surface area contributed by atoms with Crippen molar-refractivity contribution >= 4 is 29.4 Å². The molecular weight excluding hydrogens is 306 g/mol.